The molecular weight excluding hydrogens is 221 g/mol. The van der Waals surface area contributed by atoms with Crippen molar-refractivity contribution >= 4 is 5.97 Å². The highest BCUT2D eigenvalue weighted by molar-refractivity contribution is 5.71. The Labute approximate surface area is 90.7 Å². The molecule has 88 valence electrons. The Balaban J connectivity index is 2.84. The summed E-state index contributed by atoms with van der Waals surface area (Å²) in [5.41, 5.74) is 1.29. The number of carboxylic acids is 1. The van der Waals surface area contributed by atoms with Crippen molar-refractivity contribution in [3.8, 4) is 0 Å². The lowest BCUT2D eigenvalue weighted by molar-refractivity contribution is -0.193. The van der Waals surface area contributed by atoms with E-state index in [0.29, 0.717) is 5.56 Å². The van der Waals surface area contributed by atoms with Crippen LogP contribution >= 0.6 is 0 Å². The molecule has 0 saturated carbocycles. The van der Waals surface area contributed by atoms with Crippen LogP contribution in [0.5, 0.6) is 0 Å². The molecule has 0 saturated heterocycles. The molecule has 5 heteroatoms. The molecule has 0 aliphatic heterocycles. The zero-order chi connectivity index (χ0) is 12.3. The smallest absolute Gasteiger partial charge is 0.402 e. The quantitative estimate of drug-likeness (QED) is 0.870. The summed E-state index contributed by atoms with van der Waals surface area (Å²) in [4.78, 5) is 10.5. The van der Waals surface area contributed by atoms with Gasteiger partial charge in [0.1, 0.15) is 0 Å². The Morgan fingerprint density at radius 3 is 2.19 bits per heavy atom. The molecule has 0 fully saturated rings. The minimum atomic E-state index is -4.71. The normalized spacial score (nSPS) is 13.5. The van der Waals surface area contributed by atoms with Gasteiger partial charge in [-0.25, -0.2) is 0 Å². The number of alkyl halides is 3. The zero-order valence-corrected chi connectivity index (χ0v) is 8.58. The molecule has 1 N–H and O–H groups in total. The number of carboxylic acid groups (broad SMARTS) is 1. The highest BCUT2D eigenvalue weighted by atomic mass is 19.4. The summed E-state index contributed by atoms with van der Waals surface area (Å²) in [6.45, 7) is 1.81. The minimum Gasteiger partial charge on any atom is -0.481 e. The standard InChI is InChI=1S/C11H11F3O2/c1-7-2-4-8(5-3-7)6-9(10(15)16)11(12,13)14/h2-5,9H,6H2,1H3,(H,15,16). The van der Waals surface area contributed by atoms with Crippen molar-refractivity contribution in [3.05, 3.63) is 35.4 Å². The topological polar surface area (TPSA) is 37.3 Å². The van der Waals surface area contributed by atoms with Crippen molar-refractivity contribution in [1.82, 2.24) is 0 Å². The van der Waals surface area contributed by atoms with Gasteiger partial charge in [-0.2, -0.15) is 13.2 Å². The van der Waals surface area contributed by atoms with Crippen molar-refractivity contribution in [1.29, 1.82) is 0 Å². The van der Waals surface area contributed by atoms with Crippen LogP contribution in [0.1, 0.15) is 11.1 Å². The summed E-state index contributed by atoms with van der Waals surface area (Å²) in [5, 5.41) is 8.50. The molecule has 0 radical (unpaired) electrons. The summed E-state index contributed by atoms with van der Waals surface area (Å²) in [7, 11) is 0. The maximum Gasteiger partial charge on any atom is 0.402 e. The Kier molecular flexibility index (Phi) is 3.57. The molecule has 0 aliphatic rings. The third kappa shape index (κ3) is 3.25. The Morgan fingerprint density at radius 1 is 1.31 bits per heavy atom. The maximum absolute atomic E-state index is 12.4. The van der Waals surface area contributed by atoms with Crippen molar-refractivity contribution in [3.63, 3.8) is 0 Å². The first-order chi connectivity index (χ1) is 7.30. The van der Waals surface area contributed by atoms with Gasteiger partial charge in [0.2, 0.25) is 0 Å². The fraction of sp³-hybridized carbons (Fsp3) is 0.364. The predicted octanol–water partition coefficient (Wildman–Crippen LogP) is 2.80. The minimum absolute atomic E-state index is 0.371. The molecule has 0 spiro atoms. The molecule has 2 nitrogen and oxygen atoms in total. The van der Waals surface area contributed by atoms with E-state index in [1.807, 2.05) is 6.92 Å². The SMILES string of the molecule is Cc1ccc(CC(C(=O)O)C(F)(F)F)cc1. The van der Waals surface area contributed by atoms with E-state index in [4.69, 9.17) is 5.11 Å². The monoisotopic (exact) mass is 232 g/mol. The van der Waals surface area contributed by atoms with Gasteiger partial charge in [-0.3, -0.25) is 4.79 Å². The second-order valence-electron chi connectivity index (χ2n) is 3.62. The van der Waals surface area contributed by atoms with E-state index in [1.54, 1.807) is 12.1 Å². The lowest BCUT2D eigenvalue weighted by Gasteiger charge is -2.15. The molecule has 1 unspecified atom stereocenters. The molecule has 0 amide bonds. The largest absolute Gasteiger partial charge is 0.481 e. The van der Waals surface area contributed by atoms with Crippen LogP contribution in [-0.2, 0) is 11.2 Å². The second-order valence-corrected chi connectivity index (χ2v) is 3.62. The van der Waals surface area contributed by atoms with E-state index in [0.717, 1.165) is 5.56 Å². The van der Waals surface area contributed by atoms with Gasteiger partial charge in [-0.05, 0) is 18.9 Å². The van der Waals surface area contributed by atoms with Crippen LogP contribution in [-0.4, -0.2) is 17.3 Å². The molecule has 1 rings (SSSR count). The third-order valence-electron chi connectivity index (χ3n) is 2.25. The number of carbonyl (C=O) groups is 1. The van der Waals surface area contributed by atoms with Crippen LogP contribution in [0.3, 0.4) is 0 Å². The van der Waals surface area contributed by atoms with Crippen molar-refractivity contribution in [2.75, 3.05) is 0 Å². The van der Waals surface area contributed by atoms with Crippen molar-refractivity contribution in [2.24, 2.45) is 5.92 Å². The van der Waals surface area contributed by atoms with E-state index >= 15 is 0 Å². The Bertz CT molecular complexity index is 368. The second kappa shape index (κ2) is 4.55. The first-order valence-corrected chi connectivity index (χ1v) is 4.66. The first kappa shape index (κ1) is 12.5. The summed E-state index contributed by atoms with van der Waals surface area (Å²) in [6.07, 6.45) is -5.24. The average Bonchev–Trinajstić information content (AvgIpc) is 2.14. The van der Waals surface area contributed by atoms with E-state index < -0.39 is 24.5 Å². The van der Waals surface area contributed by atoms with Gasteiger partial charge in [-0.15, -0.1) is 0 Å². The van der Waals surface area contributed by atoms with Crippen molar-refractivity contribution in [2.45, 2.75) is 19.5 Å². The molecule has 0 aliphatic carbocycles. The van der Waals surface area contributed by atoms with Crippen LogP contribution in [0, 0.1) is 12.8 Å². The molecule has 0 bridgehead atoms. The highest BCUT2D eigenvalue weighted by Gasteiger charge is 2.44. The van der Waals surface area contributed by atoms with E-state index in [9.17, 15) is 18.0 Å². The third-order valence-corrected chi connectivity index (χ3v) is 2.25. The number of halogens is 3. The number of hydrogen-bond donors (Lipinski definition) is 1. The fourth-order valence-electron chi connectivity index (χ4n) is 1.30. The van der Waals surface area contributed by atoms with E-state index in [2.05, 4.69) is 0 Å². The first-order valence-electron chi connectivity index (χ1n) is 4.66. The van der Waals surface area contributed by atoms with Crippen LogP contribution in [0.15, 0.2) is 24.3 Å². The van der Waals surface area contributed by atoms with E-state index in [-0.39, 0.29) is 0 Å². The van der Waals surface area contributed by atoms with Crippen LogP contribution in [0.2, 0.25) is 0 Å². The molecule has 1 atom stereocenters. The highest BCUT2D eigenvalue weighted by Crippen LogP contribution is 2.29. The predicted molar refractivity (Wildman–Crippen MR) is 52.1 cm³/mol. The summed E-state index contributed by atoms with van der Waals surface area (Å²) < 4.78 is 37.1. The number of benzene rings is 1. The maximum atomic E-state index is 12.4. The van der Waals surface area contributed by atoms with Gasteiger partial charge < -0.3 is 5.11 Å². The molecule has 1 aromatic carbocycles. The van der Waals surface area contributed by atoms with Crippen molar-refractivity contribution < 1.29 is 23.1 Å². The molecule has 16 heavy (non-hydrogen) atoms. The van der Waals surface area contributed by atoms with Gasteiger partial charge in [0.05, 0.1) is 0 Å². The van der Waals surface area contributed by atoms with E-state index in [1.165, 1.54) is 12.1 Å². The van der Waals surface area contributed by atoms with Gasteiger partial charge in [-0.1, -0.05) is 29.8 Å². The molecule has 1 aromatic rings. The lowest BCUT2D eigenvalue weighted by Crippen LogP contribution is -2.32. The van der Waals surface area contributed by atoms with Gasteiger partial charge in [0.15, 0.2) is 5.92 Å². The Hall–Kier alpha value is -1.52. The van der Waals surface area contributed by atoms with Gasteiger partial charge in [0, 0.05) is 0 Å². The molecule has 0 aromatic heterocycles. The van der Waals surface area contributed by atoms with Crippen LogP contribution < -0.4 is 0 Å². The molecular formula is C11H11F3O2. The van der Waals surface area contributed by atoms with Gasteiger partial charge >= 0.3 is 12.1 Å². The van der Waals surface area contributed by atoms with Gasteiger partial charge in [0.25, 0.3) is 0 Å². The summed E-state index contributed by atoms with van der Waals surface area (Å²) in [6, 6.07) is 6.34. The fourth-order valence-corrected chi connectivity index (χ4v) is 1.30. The summed E-state index contributed by atoms with van der Waals surface area (Å²) in [5.74, 6) is -4.18. The number of hydrogen-bond acceptors (Lipinski definition) is 1. The summed E-state index contributed by atoms with van der Waals surface area (Å²) >= 11 is 0. The Morgan fingerprint density at radius 2 is 1.81 bits per heavy atom. The number of aryl methyl sites for hydroxylation is 1. The van der Waals surface area contributed by atoms with Crippen LogP contribution in [0.4, 0.5) is 13.2 Å². The zero-order valence-electron chi connectivity index (χ0n) is 8.58. The number of aliphatic carboxylic acids is 1. The average molecular weight is 232 g/mol. The lowest BCUT2D eigenvalue weighted by atomic mass is 9.98. The number of rotatable bonds is 3. The van der Waals surface area contributed by atoms with Crippen LogP contribution in [0.25, 0.3) is 0 Å². The molecule has 0 heterocycles.